The number of carbonyl (C=O) groups is 3. The molecule has 2 heterocycles. The number of nitrogens with one attached hydrogen (secondary N) is 1. The fraction of sp³-hybridized carbons (Fsp3) is 0.333. The van der Waals surface area contributed by atoms with E-state index in [4.69, 9.17) is 15.6 Å². The summed E-state index contributed by atoms with van der Waals surface area (Å²) in [6, 6.07) is 10.5. The standard InChI is InChI=1S/C21H24N4O5/c22-19(26)12-24-20(27)16-3-1-15(2-4-16)18-6-5-17(11-23-18)30-13-14-7-9-25(10-8-14)21(28)29/h1-6,11,14H,7-10,12-13H2,(H2,22,26)(H,24,27)(H,28,29). The SMILES string of the molecule is NC(=O)CNC(=O)c1ccc(-c2ccc(OCC3CCN(C(=O)O)CC3)cn2)cc1. The van der Waals surface area contributed by atoms with Crippen molar-refractivity contribution in [2.45, 2.75) is 12.8 Å². The van der Waals surface area contributed by atoms with Crippen LogP contribution >= 0.6 is 0 Å². The molecule has 2 aromatic rings. The Balaban J connectivity index is 1.51. The third-order valence-electron chi connectivity index (χ3n) is 4.97. The summed E-state index contributed by atoms with van der Waals surface area (Å²) < 4.78 is 5.81. The van der Waals surface area contributed by atoms with Gasteiger partial charge in [-0.2, -0.15) is 0 Å². The maximum atomic E-state index is 11.9. The Kier molecular flexibility index (Phi) is 6.84. The van der Waals surface area contributed by atoms with Crippen LogP contribution in [0.1, 0.15) is 23.2 Å². The monoisotopic (exact) mass is 412 g/mol. The molecule has 0 radical (unpaired) electrons. The second kappa shape index (κ2) is 9.73. The van der Waals surface area contributed by atoms with Crippen molar-refractivity contribution in [1.29, 1.82) is 0 Å². The predicted octanol–water partition coefficient (Wildman–Crippen LogP) is 1.73. The maximum Gasteiger partial charge on any atom is 0.407 e. The summed E-state index contributed by atoms with van der Waals surface area (Å²) in [5.41, 5.74) is 7.02. The van der Waals surface area contributed by atoms with Crippen LogP contribution in [0.25, 0.3) is 11.3 Å². The Morgan fingerprint density at radius 2 is 1.83 bits per heavy atom. The molecule has 9 nitrogen and oxygen atoms in total. The van der Waals surface area contributed by atoms with Gasteiger partial charge in [0.2, 0.25) is 5.91 Å². The molecule has 0 atom stereocenters. The third kappa shape index (κ3) is 5.69. The molecule has 1 aliphatic heterocycles. The predicted molar refractivity (Wildman–Crippen MR) is 109 cm³/mol. The minimum absolute atomic E-state index is 0.206. The number of primary amides is 1. The Bertz CT molecular complexity index is 891. The van der Waals surface area contributed by atoms with Crippen molar-refractivity contribution in [1.82, 2.24) is 15.2 Å². The lowest BCUT2D eigenvalue weighted by molar-refractivity contribution is -0.117. The summed E-state index contributed by atoms with van der Waals surface area (Å²) in [6.07, 6.45) is 2.36. The molecular formula is C21H24N4O5. The van der Waals surface area contributed by atoms with Gasteiger partial charge in [0, 0.05) is 24.2 Å². The van der Waals surface area contributed by atoms with Gasteiger partial charge in [-0.3, -0.25) is 14.6 Å². The van der Waals surface area contributed by atoms with Crippen LogP contribution in [0.2, 0.25) is 0 Å². The van der Waals surface area contributed by atoms with E-state index in [1.807, 2.05) is 12.1 Å². The normalized spacial score (nSPS) is 14.2. The number of rotatable bonds is 7. The first-order valence-electron chi connectivity index (χ1n) is 9.66. The Labute approximate surface area is 173 Å². The van der Waals surface area contributed by atoms with Crippen LogP contribution in [0.3, 0.4) is 0 Å². The van der Waals surface area contributed by atoms with Crippen molar-refractivity contribution >= 4 is 17.9 Å². The lowest BCUT2D eigenvalue weighted by Crippen LogP contribution is -2.38. The molecule has 0 unspecified atom stereocenters. The number of aromatic nitrogens is 1. The second-order valence-electron chi connectivity index (χ2n) is 7.13. The molecule has 0 aliphatic carbocycles. The average Bonchev–Trinajstić information content (AvgIpc) is 2.77. The molecule has 4 N–H and O–H groups in total. The molecule has 0 spiro atoms. The second-order valence-corrected chi connectivity index (χ2v) is 7.13. The van der Waals surface area contributed by atoms with Gasteiger partial charge in [0.25, 0.3) is 5.91 Å². The van der Waals surface area contributed by atoms with Gasteiger partial charge in [-0.25, -0.2) is 4.79 Å². The van der Waals surface area contributed by atoms with Crippen LogP contribution in [-0.4, -0.2) is 59.1 Å². The molecule has 9 heteroatoms. The van der Waals surface area contributed by atoms with Crippen molar-refractivity contribution in [3.63, 3.8) is 0 Å². The number of carbonyl (C=O) groups excluding carboxylic acids is 2. The van der Waals surface area contributed by atoms with E-state index in [-0.39, 0.29) is 12.5 Å². The van der Waals surface area contributed by atoms with Crippen molar-refractivity contribution in [3.05, 3.63) is 48.2 Å². The number of hydrogen-bond donors (Lipinski definition) is 3. The van der Waals surface area contributed by atoms with E-state index in [1.165, 1.54) is 4.90 Å². The Morgan fingerprint density at radius 3 is 2.40 bits per heavy atom. The van der Waals surface area contributed by atoms with Crippen LogP contribution in [0.15, 0.2) is 42.6 Å². The number of ether oxygens (including phenoxy) is 1. The highest BCUT2D eigenvalue weighted by Crippen LogP contribution is 2.22. The number of likely N-dealkylation sites (tertiary alicyclic amines) is 1. The largest absolute Gasteiger partial charge is 0.492 e. The van der Waals surface area contributed by atoms with Crippen molar-refractivity contribution < 1.29 is 24.2 Å². The van der Waals surface area contributed by atoms with E-state index in [0.29, 0.717) is 36.9 Å². The van der Waals surface area contributed by atoms with Gasteiger partial charge >= 0.3 is 6.09 Å². The van der Waals surface area contributed by atoms with E-state index in [1.54, 1.807) is 30.5 Å². The smallest absolute Gasteiger partial charge is 0.407 e. The third-order valence-corrected chi connectivity index (χ3v) is 4.97. The number of nitrogens with two attached hydrogens (primary N) is 1. The van der Waals surface area contributed by atoms with Gasteiger partial charge in [0.15, 0.2) is 0 Å². The van der Waals surface area contributed by atoms with Gasteiger partial charge < -0.3 is 25.8 Å². The summed E-state index contributed by atoms with van der Waals surface area (Å²) >= 11 is 0. The topological polar surface area (TPSA) is 135 Å². The highest BCUT2D eigenvalue weighted by atomic mass is 16.5. The lowest BCUT2D eigenvalue weighted by Gasteiger charge is -2.29. The summed E-state index contributed by atoms with van der Waals surface area (Å²) in [4.78, 5) is 39.4. The summed E-state index contributed by atoms with van der Waals surface area (Å²) in [5.74, 6) is 0.0128. The van der Waals surface area contributed by atoms with Crippen LogP contribution in [0, 0.1) is 5.92 Å². The molecule has 3 amide bonds. The maximum absolute atomic E-state index is 11.9. The van der Waals surface area contributed by atoms with Gasteiger partial charge in [0.1, 0.15) is 5.75 Å². The zero-order valence-electron chi connectivity index (χ0n) is 16.4. The molecule has 1 fully saturated rings. The van der Waals surface area contributed by atoms with E-state index in [9.17, 15) is 14.4 Å². The number of amides is 3. The molecule has 158 valence electrons. The van der Waals surface area contributed by atoms with Gasteiger partial charge in [-0.1, -0.05) is 12.1 Å². The van der Waals surface area contributed by atoms with Crippen molar-refractivity contribution in [3.8, 4) is 17.0 Å². The number of pyridine rings is 1. The van der Waals surface area contributed by atoms with Crippen LogP contribution in [0.5, 0.6) is 5.75 Å². The van der Waals surface area contributed by atoms with E-state index < -0.39 is 12.0 Å². The molecule has 1 saturated heterocycles. The fourth-order valence-corrected chi connectivity index (χ4v) is 3.20. The highest BCUT2D eigenvalue weighted by Gasteiger charge is 2.22. The first kappa shape index (κ1) is 21.1. The van der Waals surface area contributed by atoms with Crippen molar-refractivity contribution in [2.24, 2.45) is 11.7 Å². The van der Waals surface area contributed by atoms with Crippen LogP contribution in [-0.2, 0) is 4.79 Å². The Morgan fingerprint density at radius 1 is 1.13 bits per heavy atom. The zero-order chi connectivity index (χ0) is 21.5. The minimum Gasteiger partial charge on any atom is -0.492 e. The molecular weight excluding hydrogens is 388 g/mol. The van der Waals surface area contributed by atoms with Gasteiger partial charge in [0.05, 0.1) is 25.0 Å². The van der Waals surface area contributed by atoms with Gasteiger partial charge in [-0.05, 0) is 43.0 Å². The van der Waals surface area contributed by atoms with Crippen LogP contribution in [0.4, 0.5) is 4.79 Å². The number of piperidine rings is 1. The highest BCUT2D eigenvalue weighted by molar-refractivity contribution is 5.96. The molecule has 0 saturated carbocycles. The number of nitrogens with zero attached hydrogens (tertiary/aromatic N) is 2. The average molecular weight is 412 g/mol. The van der Waals surface area contributed by atoms with Crippen molar-refractivity contribution in [2.75, 3.05) is 26.2 Å². The summed E-state index contributed by atoms with van der Waals surface area (Å²) in [5, 5.41) is 11.4. The first-order chi connectivity index (χ1) is 14.4. The van der Waals surface area contributed by atoms with E-state index in [2.05, 4.69) is 10.3 Å². The van der Waals surface area contributed by atoms with Crippen LogP contribution < -0.4 is 15.8 Å². The zero-order valence-corrected chi connectivity index (χ0v) is 16.4. The van der Waals surface area contributed by atoms with E-state index in [0.717, 1.165) is 24.1 Å². The first-order valence-corrected chi connectivity index (χ1v) is 9.66. The summed E-state index contributed by atoms with van der Waals surface area (Å²) in [7, 11) is 0. The molecule has 3 rings (SSSR count). The minimum atomic E-state index is -0.867. The quantitative estimate of drug-likeness (QED) is 0.634. The Hall–Kier alpha value is -3.62. The molecule has 1 aromatic heterocycles. The fourth-order valence-electron chi connectivity index (χ4n) is 3.20. The number of carboxylic acid groups (broad SMARTS) is 1. The molecule has 1 aromatic carbocycles. The van der Waals surface area contributed by atoms with E-state index >= 15 is 0 Å². The summed E-state index contributed by atoms with van der Waals surface area (Å²) in [6.45, 7) is 1.40. The lowest BCUT2D eigenvalue weighted by atomic mass is 9.98. The number of benzene rings is 1. The molecule has 30 heavy (non-hydrogen) atoms. The van der Waals surface area contributed by atoms with Gasteiger partial charge in [-0.15, -0.1) is 0 Å². The molecule has 1 aliphatic rings. The number of hydrogen-bond acceptors (Lipinski definition) is 5. The molecule has 0 bridgehead atoms.